The Labute approximate surface area is 119 Å². The van der Waals surface area contributed by atoms with Crippen molar-refractivity contribution in [2.75, 3.05) is 7.05 Å². The third-order valence-electron chi connectivity index (χ3n) is 5.46. The number of nitrogens with zero attached hydrogens (tertiary/aromatic N) is 2. The van der Waals surface area contributed by atoms with Gasteiger partial charge in [-0.05, 0) is 52.0 Å². The Morgan fingerprint density at radius 1 is 1.21 bits per heavy atom. The van der Waals surface area contributed by atoms with Crippen LogP contribution in [-0.2, 0) is 6.42 Å². The number of aromatic nitrogens is 1. The third-order valence-corrected chi connectivity index (χ3v) is 6.76. The Hall–Kier alpha value is -0.450. The highest BCUT2D eigenvalue weighted by molar-refractivity contribution is 7.11. The van der Waals surface area contributed by atoms with Crippen LogP contribution >= 0.6 is 11.3 Å². The van der Waals surface area contributed by atoms with Crippen LogP contribution in [0.3, 0.4) is 0 Å². The topological polar surface area (TPSA) is 42.2 Å². The molecule has 3 aliphatic rings. The highest BCUT2D eigenvalue weighted by atomic mass is 32.1. The molecule has 0 aromatic carbocycles. The van der Waals surface area contributed by atoms with Crippen LogP contribution in [0.1, 0.15) is 66.1 Å². The van der Waals surface area contributed by atoms with E-state index in [1.54, 1.807) is 0 Å². The van der Waals surface area contributed by atoms with Gasteiger partial charge in [0.25, 0.3) is 0 Å². The molecule has 2 fully saturated rings. The van der Waals surface area contributed by atoms with E-state index in [1.807, 2.05) is 11.3 Å². The van der Waals surface area contributed by atoms with Gasteiger partial charge in [-0.25, -0.2) is 4.98 Å². The summed E-state index contributed by atoms with van der Waals surface area (Å²) >= 11 is 1.97. The van der Waals surface area contributed by atoms with Crippen LogP contribution in [0.4, 0.5) is 0 Å². The first-order chi connectivity index (χ1) is 9.22. The minimum absolute atomic E-state index is 0.205. The van der Waals surface area contributed by atoms with Crippen molar-refractivity contribution in [1.29, 1.82) is 0 Å². The predicted octanol–water partition coefficient (Wildman–Crippen LogP) is 2.82. The second kappa shape index (κ2) is 4.54. The molecule has 1 aromatic heterocycles. The van der Waals surface area contributed by atoms with Gasteiger partial charge >= 0.3 is 0 Å². The van der Waals surface area contributed by atoms with Gasteiger partial charge in [0.1, 0.15) is 0 Å². The minimum atomic E-state index is 0.205. The van der Waals surface area contributed by atoms with Crippen molar-refractivity contribution in [2.45, 2.75) is 69.0 Å². The molecule has 4 rings (SSSR count). The molecule has 2 bridgehead atoms. The molecular weight excluding hydrogens is 254 g/mol. The first-order valence-corrected chi connectivity index (χ1v) is 8.51. The van der Waals surface area contributed by atoms with Crippen molar-refractivity contribution in [1.82, 2.24) is 9.88 Å². The summed E-state index contributed by atoms with van der Waals surface area (Å²) in [5, 5.41) is 1.40. The van der Waals surface area contributed by atoms with Crippen LogP contribution in [0, 0.1) is 0 Å². The van der Waals surface area contributed by atoms with E-state index in [4.69, 9.17) is 10.7 Å². The zero-order chi connectivity index (χ0) is 13.0. The number of hydrogen-bond donors (Lipinski definition) is 1. The third kappa shape index (κ3) is 1.96. The van der Waals surface area contributed by atoms with E-state index in [0.29, 0.717) is 5.92 Å². The summed E-state index contributed by atoms with van der Waals surface area (Å²) in [7, 11) is 2.31. The molecular formula is C15H23N3S. The van der Waals surface area contributed by atoms with Crippen LogP contribution in [0.2, 0.25) is 0 Å². The summed E-state index contributed by atoms with van der Waals surface area (Å²) in [6.45, 7) is 0. The SMILES string of the molecule is CN1C2CCC1CC(c1nc3c(s1)CCCC3N)C2. The first-order valence-electron chi connectivity index (χ1n) is 7.69. The number of fused-ring (bicyclic) bond motifs is 3. The lowest BCUT2D eigenvalue weighted by Crippen LogP contribution is -2.39. The van der Waals surface area contributed by atoms with E-state index in [0.717, 1.165) is 18.5 Å². The Bertz CT molecular complexity index is 470. The van der Waals surface area contributed by atoms with Crippen molar-refractivity contribution in [3.8, 4) is 0 Å². The van der Waals surface area contributed by atoms with Crippen molar-refractivity contribution in [3.05, 3.63) is 15.6 Å². The molecule has 1 aromatic rings. The number of aryl methyl sites for hydroxylation is 1. The fourth-order valence-electron chi connectivity index (χ4n) is 4.26. The summed E-state index contributed by atoms with van der Waals surface area (Å²) in [4.78, 5) is 9.05. The Kier molecular flexibility index (Phi) is 2.94. The van der Waals surface area contributed by atoms with E-state index in [1.165, 1.54) is 54.1 Å². The van der Waals surface area contributed by atoms with E-state index >= 15 is 0 Å². The van der Waals surface area contributed by atoms with Crippen molar-refractivity contribution in [2.24, 2.45) is 5.73 Å². The van der Waals surface area contributed by atoms with E-state index in [-0.39, 0.29) is 6.04 Å². The fraction of sp³-hybridized carbons (Fsp3) is 0.800. The number of thiazole rings is 1. The zero-order valence-electron chi connectivity index (χ0n) is 11.6. The maximum Gasteiger partial charge on any atom is 0.0963 e. The number of piperidine rings is 1. The zero-order valence-corrected chi connectivity index (χ0v) is 12.5. The molecule has 0 saturated carbocycles. The van der Waals surface area contributed by atoms with Gasteiger partial charge in [-0.1, -0.05) is 0 Å². The average molecular weight is 277 g/mol. The van der Waals surface area contributed by atoms with Crippen LogP contribution in [0.15, 0.2) is 0 Å². The number of nitrogens with two attached hydrogens (primary N) is 1. The summed E-state index contributed by atoms with van der Waals surface area (Å²) in [5.74, 6) is 0.705. The van der Waals surface area contributed by atoms with E-state index in [2.05, 4.69) is 11.9 Å². The molecule has 4 heteroatoms. The van der Waals surface area contributed by atoms with Gasteiger partial charge in [-0.3, -0.25) is 0 Å². The van der Waals surface area contributed by atoms with E-state index in [9.17, 15) is 0 Å². The van der Waals surface area contributed by atoms with E-state index < -0.39 is 0 Å². The number of rotatable bonds is 1. The van der Waals surface area contributed by atoms with Gasteiger partial charge in [-0.2, -0.15) is 0 Å². The highest BCUT2D eigenvalue weighted by Gasteiger charge is 2.40. The second-order valence-electron chi connectivity index (χ2n) is 6.58. The van der Waals surface area contributed by atoms with Gasteiger partial charge in [0.2, 0.25) is 0 Å². The molecule has 2 N–H and O–H groups in total. The van der Waals surface area contributed by atoms with Crippen LogP contribution < -0.4 is 5.73 Å². The van der Waals surface area contributed by atoms with Crippen LogP contribution in [0.5, 0.6) is 0 Å². The quantitative estimate of drug-likeness (QED) is 0.858. The highest BCUT2D eigenvalue weighted by Crippen LogP contribution is 2.44. The minimum Gasteiger partial charge on any atom is -0.323 e. The Morgan fingerprint density at radius 2 is 1.95 bits per heavy atom. The van der Waals surface area contributed by atoms with Gasteiger partial charge in [0.15, 0.2) is 0 Å². The summed E-state index contributed by atoms with van der Waals surface area (Å²) in [5.41, 5.74) is 7.45. The van der Waals surface area contributed by atoms with Gasteiger partial charge in [0.05, 0.1) is 10.7 Å². The smallest absolute Gasteiger partial charge is 0.0963 e. The van der Waals surface area contributed by atoms with Crippen molar-refractivity contribution < 1.29 is 0 Å². The largest absolute Gasteiger partial charge is 0.323 e. The Balaban J connectivity index is 1.60. The van der Waals surface area contributed by atoms with Crippen LogP contribution in [0.25, 0.3) is 0 Å². The molecule has 3 nitrogen and oxygen atoms in total. The molecule has 2 saturated heterocycles. The van der Waals surface area contributed by atoms with Crippen LogP contribution in [-0.4, -0.2) is 29.0 Å². The average Bonchev–Trinajstić information content (AvgIpc) is 2.89. The molecule has 3 unspecified atom stereocenters. The fourth-order valence-corrected chi connectivity index (χ4v) is 5.56. The molecule has 3 heterocycles. The molecule has 0 radical (unpaired) electrons. The van der Waals surface area contributed by atoms with Crippen molar-refractivity contribution >= 4 is 11.3 Å². The lowest BCUT2D eigenvalue weighted by Gasteiger charge is -2.35. The molecule has 19 heavy (non-hydrogen) atoms. The standard InChI is InChI=1S/C15H23N3S/c1-18-10-5-6-11(18)8-9(7-10)15-17-14-12(16)3-2-4-13(14)19-15/h9-12H,2-8,16H2,1H3. The lowest BCUT2D eigenvalue weighted by molar-refractivity contribution is 0.161. The molecule has 1 aliphatic carbocycles. The normalized spacial score (nSPS) is 38.4. The monoisotopic (exact) mass is 277 g/mol. The van der Waals surface area contributed by atoms with Gasteiger partial charge in [-0.15, -0.1) is 11.3 Å². The van der Waals surface area contributed by atoms with Gasteiger partial charge < -0.3 is 10.6 Å². The first kappa shape index (κ1) is 12.3. The maximum absolute atomic E-state index is 6.21. The Morgan fingerprint density at radius 3 is 2.63 bits per heavy atom. The maximum atomic E-state index is 6.21. The summed E-state index contributed by atoms with van der Waals surface area (Å²) in [6, 6.07) is 1.81. The predicted molar refractivity (Wildman–Crippen MR) is 78.5 cm³/mol. The molecule has 3 atom stereocenters. The molecule has 0 spiro atoms. The number of hydrogen-bond acceptors (Lipinski definition) is 4. The summed E-state index contributed by atoms with van der Waals surface area (Å²) < 4.78 is 0. The molecule has 104 valence electrons. The molecule has 0 amide bonds. The lowest BCUT2D eigenvalue weighted by atomic mass is 9.91. The summed E-state index contributed by atoms with van der Waals surface area (Å²) in [6.07, 6.45) is 8.98. The van der Waals surface area contributed by atoms with Gasteiger partial charge in [0, 0.05) is 28.9 Å². The van der Waals surface area contributed by atoms with Crippen molar-refractivity contribution in [3.63, 3.8) is 0 Å². The second-order valence-corrected chi connectivity index (χ2v) is 7.69. The molecule has 2 aliphatic heterocycles.